The maximum Gasteiger partial charge on any atom is 0.159 e. The van der Waals surface area contributed by atoms with E-state index in [4.69, 9.17) is 8.83 Å². The lowest BCUT2D eigenvalue weighted by molar-refractivity contribution is 0.667. The summed E-state index contributed by atoms with van der Waals surface area (Å²) in [6.07, 6.45) is 0. The van der Waals surface area contributed by atoms with Gasteiger partial charge in [-0.15, -0.1) is 0 Å². The van der Waals surface area contributed by atoms with Gasteiger partial charge in [0.15, 0.2) is 5.58 Å². The second-order valence-electron chi connectivity index (χ2n) is 12.5. The first-order valence-electron chi connectivity index (χ1n) is 16.9. The van der Waals surface area contributed by atoms with Crippen molar-refractivity contribution >= 4 is 88.8 Å². The molecule has 0 N–H and O–H groups in total. The van der Waals surface area contributed by atoms with Crippen LogP contribution in [-0.4, -0.2) is 0 Å². The Morgan fingerprint density at radius 1 is 0.300 bits per heavy atom. The zero-order valence-electron chi connectivity index (χ0n) is 27.0. The number of rotatable bonds is 6. The first-order chi connectivity index (χ1) is 24.8. The molecule has 0 bridgehead atoms. The molecule has 4 heteroatoms. The standard InChI is InChI=1S/C46H30N2O2/c1-4-15-31(16-5-1)47(32-17-6-2-7-18-32)34-27-28-43-39(29-34)45-37-23-11-10-21-35(37)41(30-44(45)49-43)48(33-19-8-3-9-20-33)40-25-14-24-38-36-22-12-13-26-42(36)50-46(38)40/h1-30H. The molecule has 50 heavy (non-hydrogen) atoms. The molecular formula is C46H30N2O2. The topological polar surface area (TPSA) is 32.8 Å². The molecule has 0 spiro atoms. The zero-order chi connectivity index (χ0) is 33.0. The van der Waals surface area contributed by atoms with E-state index >= 15 is 0 Å². The molecular weight excluding hydrogens is 613 g/mol. The highest BCUT2D eigenvalue weighted by Gasteiger charge is 2.24. The Morgan fingerprint density at radius 2 is 0.860 bits per heavy atom. The van der Waals surface area contributed by atoms with Crippen molar-refractivity contribution in [3.8, 4) is 0 Å². The van der Waals surface area contributed by atoms with Crippen LogP contribution in [0.1, 0.15) is 0 Å². The molecule has 0 aliphatic rings. The average Bonchev–Trinajstić information content (AvgIpc) is 3.75. The molecule has 4 nitrogen and oxygen atoms in total. The largest absolute Gasteiger partial charge is 0.456 e. The fraction of sp³-hybridized carbons (Fsp3) is 0. The van der Waals surface area contributed by atoms with E-state index < -0.39 is 0 Å². The van der Waals surface area contributed by atoms with Gasteiger partial charge < -0.3 is 18.6 Å². The summed E-state index contributed by atoms with van der Waals surface area (Å²) in [6, 6.07) is 63.5. The highest BCUT2D eigenvalue weighted by molar-refractivity contribution is 6.23. The predicted octanol–water partition coefficient (Wildman–Crippen LogP) is 13.6. The third-order valence-corrected chi connectivity index (χ3v) is 9.61. The van der Waals surface area contributed by atoms with Gasteiger partial charge >= 0.3 is 0 Å². The van der Waals surface area contributed by atoms with Gasteiger partial charge in [0.2, 0.25) is 0 Å². The Hall–Kier alpha value is -6.78. The van der Waals surface area contributed by atoms with E-state index in [-0.39, 0.29) is 0 Å². The predicted molar refractivity (Wildman–Crippen MR) is 208 cm³/mol. The molecule has 10 aromatic rings. The van der Waals surface area contributed by atoms with Crippen molar-refractivity contribution in [3.63, 3.8) is 0 Å². The van der Waals surface area contributed by atoms with E-state index in [0.717, 1.165) is 88.8 Å². The van der Waals surface area contributed by atoms with E-state index in [1.165, 1.54) is 0 Å². The molecule has 0 saturated carbocycles. The van der Waals surface area contributed by atoms with Crippen molar-refractivity contribution in [1.29, 1.82) is 0 Å². The summed E-state index contributed by atoms with van der Waals surface area (Å²) < 4.78 is 13.3. The SMILES string of the molecule is c1ccc(N(c2ccccc2)c2ccc3oc4cc(N(c5ccccc5)c5cccc6c5oc5ccccc56)c5ccccc5c4c3c2)cc1. The summed E-state index contributed by atoms with van der Waals surface area (Å²) in [5.74, 6) is 0. The van der Waals surface area contributed by atoms with Gasteiger partial charge in [-0.3, -0.25) is 0 Å². The molecule has 0 fully saturated rings. The van der Waals surface area contributed by atoms with Crippen molar-refractivity contribution < 1.29 is 8.83 Å². The lowest BCUT2D eigenvalue weighted by Gasteiger charge is -2.27. The Balaban J connectivity index is 1.23. The number of hydrogen-bond acceptors (Lipinski definition) is 4. The second-order valence-corrected chi connectivity index (χ2v) is 12.5. The van der Waals surface area contributed by atoms with Gasteiger partial charge in [-0.25, -0.2) is 0 Å². The normalized spacial score (nSPS) is 11.6. The molecule has 0 unspecified atom stereocenters. The number of hydrogen-bond donors (Lipinski definition) is 0. The smallest absolute Gasteiger partial charge is 0.159 e. The number of furan rings is 2. The summed E-state index contributed by atoms with van der Waals surface area (Å²) in [4.78, 5) is 4.59. The summed E-state index contributed by atoms with van der Waals surface area (Å²) in [5.41, 5.74) is 9.66. The number of nitrogens with zero attached hydrogens (tertiary/aromatic N) is 2. The first kappa shape index (κ1) is 28.3. The van der Waals surface area contributed by atoms with Gasteiger partial charge in [0, 0.05) is 55.7 Å². The molecule has 10 rings (SSSR count). The van der Waals surface area contributed by atoms with Crippen molar-refractivity contribution in [3.05, 3.63) is 182 Å². The van der Waals surface area contributed by atoms with Crippen molar-refractivity contribution in [2.75, 3.05) is 9.80 Å². The molecule has 0 aliphatic carbocycles. The minimum absolute atomic E-state index is 0.828. The van der Waals surface area contributed by atoms with Crippen LogP contribution in [0.2, 0.25) is 0 Å². The Bertz CT molecular complexity index is 2780. The van der Waals surface area contributed by atoms with Crippen LogP contribution < -0.4 is 9.80 Å². The number of benzene rings is 8. The van der Waals surface area contributed by atoms with Crippen LogP contribution in [-0.2, 0) is 0 Å². The van der Waals surface area contributed by atoms with Crippen molar-refractivity contribution in [2.45, 2.75) is 0 Å². The fourth-order valence-corrected chi connectivity index (χ4v) is 7.43. The first-order valence-corrected chi connectivity index (χ1v) is 16.9. The molecule has 0 amide bonds. The summed E-state index contributed by atoms with van der Waals surface area (Å²) >= 11 is 0. The molecule has 0 aliphatic heterocycles. The third-order valence-electron chi connectivity index (χ3n) is 9.61. The minimum Gasteiger partial charge on any atom is -0.456 e. The molecule has 0 saturated heterocycles. The fourth-order valence-electron chi connectivity index (χ4n) is 7.43. The van der Waals surface area contributed by atoms with Gasteiger partial charge in [-0.2, -0.15) is 0 Å². The van der Waals surface area contributed by atoms with Crippen molar-refractivity contribution in [2.24, 2.45) is 0 Å². The zero-order valence-corrected chi connectivity index (χ0v) is 27.0. The van der Waals surface area contributed by atoms with Crippen LogP contribution in [0.5, 0.6) is 0 Å². The summed E-state index contributed by atoms with van der Waals surface area (Å²) in [7, 11) is 0. The van der Waals surface area contributed by atoms with Gasteiger partial charge in [-0.1, -0.05) is 109 Å². The lowest BCUT2D eigenvalue weighted by atomic mass is 10.00. The number of anilines is 6. The molecule has 8 aromatic carbocycles. The van der Waals surface area contributed by atoms with Crippen LogP contribution in [0.25, 0.3) is 54.6 Å². The third kappa shape index (κ3) is 4.46. The van der Waals surface area contributed by atoms with Crippen molar-refractivity contribution in [1.82, 2.24) is 0 Å². The van der Waals surface area contributed by atoms with E-state index in [0.29, 0.717) is 0 Å². The van der Waals surface area contributed by atoms with Crippen LogP contribution in [0.4, 0.5) is 34.1 Å². The van der Waals surface area contributed by atoms with E-state index in [1.807, 2.05) is 12.1 Å². The van der Waals surface area contributed by atoms with E-state index in [1.54, 1.807) is 0 Å². The Kier molecular flexibility index (Phi) is 6.46. The summed E-state index contributed by atoms with van der Waals surface area (Å²) in [6.45, 7) is 0. The molecule has 0 radical (unpaired) electrons. The van der Waals surface area contributed by atoms with E-state index in [2.05, 4.69) is 180 Å². The monoisotopic (exact) mass is 642 g/mol. The van der Waals surface area contributed by atoms with Crippen LogP contribution >= 0.6 is 0 Å². The highest BCUT2D eigenvalue weighted by atomic mass is 16.3. The highest BCUT2D eigenvalue weighted by Crippen LogP contribution is 2.48. The van der Waals surface area contributed by atoms with Gasteiger partial charge in [0.05, 0.1) is 11.4 Å². The Morgan fingerprint density at radius 3 is 1.56 bits per heavy atom. The van der Waals surface area contributed by atoms with Gasteiger partial charge in [-0.05, 0) is 72.1 Å². The van der Waals surface area contributed by atoms with Crippen LogP contribution in [0.15, 0.2) is 191 Å². The second kappa shape index (κ2) is 11.4. The number of fused-ring (bicyclic) bond motifs is 8. The lowest BCUT2D eigenvalue weighted by Crippen LogP contribution is -2.10. The average molecular weight is 643 g/mol. The van der Waals surface area contributed by atoms with Crippen LogP contribution in [0, 0.1) is 0 Å². The molecule has 0 atom stereocenters. The quantitative estimate of drug-likeness (QED) is 0.181. The Labute approximate surface area is 288 Å². The van der Waals surface area contributed by atoms with Gasteiger partial charge in [0.25, 0.3) is 0 Å². The van der Waals surface area contributed by atoms with Crippen LogP contribution in [0.3, 0.4) is 0 Å². The van der Waals surface area contributed by atoms with Gasteiger partial charge in [0.1, 0.15) is 16.7 Å². The summed E-state index contributed by atoms with van der Waals surface area (Å²) in [5, 5.41) is 6.60. The minimum atomic E-state index is 0.828. The molecule has 2 heterocycles. The van der Waals surface area contributed by atoms with E-state index in [9.17, 15) is 0 Å². The molecule has 2 aromatic heterocycles. The maximum absolute atomic E-state index is 6.74. The maximum atomic E-state index is 6.74. The number of para-hydroxylation sites is 5. The molecule has 236 valence electrons.